The third-order valence-corrected chi connectivity index (χ3v) is 3.58. The van der Waals surface area contributed by atoms with E-state index in [9.17, 15) is 18.3 Å². The summed E-state index contributed by atoms with van der Waals surface area (Å²) in [5, 5.41) is 12.3. The number of nitrogens with two attached hydrogens (primary N) is 1. The quantitative estimate of drug-likeness (QED) is 0.618. The zero-order chi connectivity index (χ0) is 19.4. The van der Waals surface area contributed by atoms with Gasteiger partial charge in [0.25, 0.3) is 0 Å². The summed E-state index contributed by atoms with van der Waals surface area (Å²) in [6.45, 7) is 0.143. The van der Waals surface area contributed by atoms with Gasteiger partial charge in [-0.3, -0.25) is 0 Å². The molecule has 9 heteroatoms. The highest BCUT2D eigenvalue weighted by Gasteiger charge is 2.30. The Bertz CT molecular complexity index is 948. The normalized spacial score (nSPS) is 11.3. The maximum atomic E-state index is 12.8. The van der Waals surface area contributed by atoms with Crippen LogP contribution in [0.4, 0.5) is 24.7 Å². The molecule has 0 fully saturated rings. The number of phenolic OH excluding ortho intramolecular Hbond substituents is 1. The Hall–Kier alpha value is -3.33. The Kier molecular flexibility index (Phi) is 5.13. The van der Waals surface area contributed by atoms with Crippen molar-refractivity contribution in [2.75, 3.05) is 5.32 Å². The number of halogens is 3. The lowest BCUT2D eigenvalue weighted by molar-refractivity contribution is -0.137. The minimum atomic E-state index is -4.44. The minimum Gasteiger partial charge on any atom is -0.508 e. The molecule has 0 spiro atoms. The molecular weight excluding hydrogens is 361 g/mol. The van der Waals surface area contributed by atoms with Crippen LogP contribution in [0.2, 0.25) is 0 Å². The molecule has 0 unspecified atom stereocenters. The molecule has 3 aromatic rings. The lowest BCUT2D eigenvalue weighted by atomic mass is 10.2. The summed E-state index contributed by atoms with van der Waals surface area (Å²) in [5.74, 6) is 0.878. The lowest BCUT2D eigenvalue weighted by Gasteiger charge is -2.12. The van der Waals surface area contributed by atoms with Crippen LogP contribution in [0.3, 0.4) is 0 Å². The molecule has 0 radical (unpaired) electrons. The molecule has 6 nitrogen and oxygen atoms in total. The van der Waals surface area contributed by atoms with E-state index in [2.05, 4.69) is 15.3 Å². The van der Waals surface area contributed by atoms with Gasteiger partial charge in [0.2, 0.25) is 5.88 Å². The van der Waals surface area contributed by atoms with Crippen LogP contribution in [0.1, 0.15) is 11.1 Å². The second kappa shape index (κ2) is 7.50. The largest absolute Gasteiger partial charge is 0.508 e. The van der Waals surface area contributed by atoms with Gasteiger partial charge in [0.1, 0.15) is 23.6 Å². The summed E-state index contributed by atoms with van der Waals surface area (Å²) in [7, 11) is 0. The number of benzene rings is 2. The van der Waals surface area contributed by atoms with E-state index < -0.39 is 11.7 Å². The number of rotatable bonds is 5. The van der Waals surface area contributed by atoms with E-state index in [0.29, 0.717) is 11.3 Å². The van der Waals surface area contributed by atoms with Crippen molar-refractivity contribution in [3.63, 3.8) is 0 Å². The van der Waals surface area contributed by atoms with E-state index in [1.54, 1.807) is 6.07 Å². The van der Waals surface area contributed by atoms with Crippen LogP contribution in [0.5, 0.6) is 17.4 Å². The third-order valence-electron chi connectivity index (χ3n) is 3.58. The van der Waals surface area contributed by atoms with Gasteiger partial charge in [0, 0.05) is 23.9 Å². The molecule has 0 saturated heterocycles. The first-order chi connectivity index (χ1) is 12.8. The maximum absolute atomic E-state index is 12.8. The minimum absolute atomic E-state index is 0.0531. The highest BCUT2D eigenvalue weighted by molar-refractivity contribution is 5.58. The van der Waals surface area contributed by atoms with E-state index in [1.165, 1.54) is 36.7 Å². The second-order valence-electron chi connectivity index (χ2n) is 5.54. The Labute approximate surface area is 152 Å². The monoisotopic (exact) mass is 376 g/mol. The summed E-state index contributed by atoms with van der Waals surface area (Å²) in [4.78, 5) is 7.95. The van der Waals surface area contributed by atoms with Crippen LogP contribution in [-0.4, -0.2) is 15.1 Å². The molecular formula is C18H15F3N4O2. The SMILES string of the molecule is NCc1cc(O)ccc1Oc1cc(Nc2cccc(C(F)(F)F)c2)ncn1. The summed E-state index contributed by atoms with van der Waals surface area (Å²) in [5.41, 5.74) is 5.65. The van der Waals surface area contributed by atoms with Crippen LogP contribution in [0, 0.1) is 0 Å². The topological polar surface area (TPSA) is 93.3 Å². The molecule has 0 saturated carbocycles. The van der Waals surface area contributed by atoms with Gasteiger partial charge in [-0.1, -0.05) is 6.07 Å². The van der Waals surface area contributed by atoms with Crippen LogP contribution < -0.4 is 15.8 Å². The van der Waals surface area contributed by atoms with Crippen LogP contribution in [0.15, 0.2) is 54.9 Å². The Morgan fingerprint density at radius 2 is 1.89 bits per heavy atom. The number of aromatic hydroxyl groups is 1. The third kappa shape index (κ3) is 4.64. The van der Waals surface area contributed by atoms with Crippen molar-refractivity contribution in [3.05, 3.63) is 66.0 Å². The van der Waals surface area contributed by atoms with Gasteiger partial charge in [-0.15, -0.1) is 0 Å². The number of anilines is 2. The van der Waals surface area contributed by atoms with Gasteiger partial charge >= 0.3 is 6.18 Å². The highest BCUT2D eigenvalue weighted by atomic mass is 19.4. The molecule has 0 bridgehead atoms. The molecule has 0 aliphatic carbocycles. The number of hydrogen-bond acceptors (Lipinski definition) is 6. The standard InChI is InChI=1S/C18H15F3N4O2/c19-18(20,21)12-2-1-3-13(7-12)25-16-8-17(24-10-23-16)27-15-5-4-14(26)6-11(15)9-22/h1-8,10,26H,9,22H2,(H,23,24,25). The number of ether oxygens (including phenoxy) is 1. The van der Waals surface area contributed by atoms with E-state index in [1.807, 2.05) is 0 Å². The zero-order valence-electron chi connectivity index (χ0n) is 13.9. The molecule has 1 heterocycles. The Morgan fingerprint density at radius 1 is 1.07 bits per heavy atom. The van der Waals surface area contributed by atoms with E-state index in [0.717, 1.165) is 12.1 Å². The fourth-order valence-corrected chi connectivity index (χ4v) is 2.32. The van der Waals surface area contributed by atoms with E-state index in [4.69, 9.17) is 10.5 Å². The van der Waals surface area contributed by atoms with Crippen molar-refractivity contribution in [1.82, 2.24) is 9.97 Å². The zero-order valence-corrected chi connectivity index (χ0v) is 13.9. The molecule has 0 aliphatic heterocycles. The first kappa shape index (κ1) is 18.5. The van der Waals surface area contributed by atoms with E-state index >= 15 is 0 Å². The summed E-state index contributed by atoms with van der Waals surface area (Å²) in [6, 6.07) is 10.6. The number of phenols is 1. The molecule has 0 aliphatic rings. The van der Waals surface area contributed by atoms with Crippen molar-refractivity contribution >= 4 is 11.5 Å². The average molecular weight is 376 g/mol. The van der Waals surface area contributed by atoms with Gasteiger partial charge in [-0.2, -0.15) is 13.2 Å². The van der Waals surface area contributed by atoms with E-state index in [-0.39, 0.29) is 29.7 Å². The average Bonchev–Trinajstić information content (AvgIpc) is 2.63. The summed E-state index contributed by atoms with van der Waals surface area (Å²) in [6.07, 6.45) is -3.22. The van der Waals surface area contributed by atoms with Crippen molar-refractivity contribution in [3.8, 4) is 17.4 Å². The van der Waals surface area contributed by atoms with Gasteiger partial charge < -0.3 is 20.9 Å². The first-order valence-corrected chi connectivity index (χ1v) is 7.81. The molecule has 2 aromatic carbocycles. The number of hydrogen-bond donors (Lipinski definition) is 3. The predicted molar refractivity (Wildman–Crippen MR) is 92.8 cm³/mol. The van der Waals surface area contributed by atoms with Crippen LogP contribution >= 0.6 is 0 Å². The van der Waals surface area contributed by atoms with Crippen molar-refractivity contribution in [2.24, 2.45) is 5.73 Å². The van der Waals surface area contributed by atoms with Crippen molar-refractivity contribution in [1.29, 1.82) is 0 Å². The fourth-order valence-electron chi connectivity index (χ4n) is 2.32. The number of alkyl halides is 3. The molecule has 0 atom stereocenters. The van der Waals surface area contributed by atoms with Crippen molar-refractivity contribution in [2.45, 2.75) is 12.7 Å². The molecule has 0 amide bonds. The highest BCUT2D eigenvalue weighted by Crippen LogP contribution is 2.32. The fraction of sp³-hybridized carbons (Fsp3) is 0.111. The Morgan fingerprint density at radius 3 is 2.63 bits per heavy atom. The van der Waals surface area contributed by atoms with Gasteiger partial charge in [-0.05, 0) is 36.4 Å². The summed E-state index contributed by atoms with van der Waals surface area (Å²) >= 11 is 0. The molecule has 3 rings (SSSR count). The number of nitrogens with zero attached hydrogens (tertiary/aromatic N) is 2. The second-order valence-corrected chi connectivity index (χ2v) is 5.54. The number of nitrogens with one attached hydrogen (secondary N) is 1. The van der Waals surface area contributed by atoms with Gasteiger partial charge in [-0.25, -0.2) is 9.97 Å². The molecule has 140 valence electrons. The smallest absolute Gasteiger partial charge is 0.416 e. The van der Waals surface area contributed by atoms with Crippen molar-refractivity contribution < 1.29 is 23.0 Å². The predicted octanol–water partition coefficient (Wildman–Crippen LogP) is 4.20. The molecule has 27 heavy (non-hydrogen) atoms. The number of aromatic nitrogens is 2. The first-order valence-electron chi connectivity index (χ1n) is 7.81. The lowest BCUT2D eigenvalue weighted by Crippen LogP contribution is -2.05. The Balaban J connectivity index is 1.81. The van der Waals surface area contributed by atoms with Gasteiger partial charge in [0.05, 0.1) is 5.56 Å². The maximum Gasteiger partial charge on any atom is 0.416 e. The van der Waals surface area contributed by atoms with Crippen LogP contribution in [0.25, 0.3) is 0 Å². The summed E-state index contributed by atoms with van der Waals surface area (Å²) < 4.78 is 44.1. The van der Waals surface area contributed by atoms with Crippen LogP contribution in [-0.2, 0) is 12.7 Å². The molecule has 4 N–H and O–H groups in total. The van der Waals surface area contributed by atoms with Gasteiger partial charge in [0.15, 0.2) is 0 Å². The molecule has 1 aromatic heterocycles.